The molecule has 0 bridgehead atoms. The van der Waals surface area contributed by atoms with Crippen LogP contribution in [0.3, 0.4) is 0 Å². The fraction of sp³-hybridized carbons (Fsp3) is 0.385. The average molecular weight is 1280 g/mol. The van der Waals surface area contributed by atoms with Gasteiger partial charge in [0, 0.05) is 83.3 Å². The third kappa shape index (κ3) is 18.4. The number of aliphatic carboxylic acids is 2. The van der Waals surface area contributed by atoms with Gasteiger partial charge in [0.2, 0.25) is 10.0 Å². The molecular weight excluding hydrogens is 1210 g/mol. The minimum atomic E-state index is -4.82. The zero-order valence-electron chi connectivity index (χ0n) is 46.5. The second kappa shape index (κ2) is 27.9. The Labute approximate surface area is 494 Å². The van der Waals surface area contributed by atoms with Crippen molar-refractivity contribution in [3.63, 3.8) is 0 Å². The first-order valence-electron chi connectivity index (χ1n) is 25.6. The number of amides is 3. The molecule has 458 valence electrons. The molecule has 0 aliphatic carbocycles. The van der Waals surface area contributed by atoms with Gasteiger partial charge in [-0.3, -0.25) is 38.1 Å². The van der Waals surface area contributed by atoms with Gasteiger partial charge in [0.05, 0.1) is 28.8 Å². The van der Waals surface area contributed by atoms with Crippen LogP contribution in [0.4, 0.5) is 11.4 Å². The van der Waals surface area contributed by atoms with E-state index in [9.17, 15) is 73.3 Å². The molecule has 2 aliphatic rings. The maximum absolute atomic E-state index is 13.5. The molecule has 33 heteroatoms. The minimum Gasteiger partial charge on any atom is -0.480 e. The first kappa shape index (κ1) is 68.0. The summed E-state index contributed by atoms with van der Waals surface area (Å²) in [5.41, 5.74) is 3.42. The summed E-state index contributed by atoms with van der Waals surface area (Å²) >= 11 is 0.662. The molecule has 0 spiro atoms. The molecule has 28 nitrogen and oxygen atoms in total. The Hall–Kier alpha value is -7.79. The molecule has 0 saturated carbocycles. The van der Waals surface area contributed by atoms with E-state index < -0.39 is 109 Å². The van der Waals surface area contributed by atoms with Gasteiger partial charge in [-0.1, -0.05) is 44.6 Å². The highest BCUT2D eigenvalue weighted by molar-refractivity contribution is 7.91. The number of hydrogen-bond donors (Lipinski definition) is 8. The second-order valence-corrected chi connectivity index (χ2v) is 26.7. The summed E-state index contributed by atoms with van der Waals surface area (Å²) in [7, 11) is -16.4. The van der Waals surface area contributed by atoms with Crippen LogP contribution in [0.5, 0.6) is 0 Å². The number of nitrogens with zero attached hydrogens (tertiary/aromatic N) is 5. The number of benzene rings is 2. The number of allylic oxidation sites excluding steroid dienone is 6. The number of sulfonamides is 1. The lowest BCUT2D eigenvalue weighted by Crippen LogP contribution is -2.45. The van der Waals surface area contributed by atoms with Crippen LogP contribution < -0.4 is 26.0 Å². The van der Waals surface area contributed by atoms with Gasteiger partial charge >= 0.3 is 22.5 Å². The number of carboxylic acid groups (broad SMARTS) is 2. The number of carboxylic acids is 2. The highest BCUT2D eigenvalue weighted by Gasteiger charge is 2.45. The number of unbranched alkanes of at least 4 members (excludes halogenated alkanes) is 1. The Balaban J connectivity index is 0.00000319. The molecular formula is C52H62N9O19S5+. The molecule has 0 fully saturated rings. The second-order valence-electron chi connectivity index (χ2n) is 20.4. The largest absolute Gasteiger partial charge is 0.480 e. The van der Waals surface area contributed by atoms with Gasteiger partial charge < -0.3 is 31.1 Å². The van der Waals surface area contributed by atoms with Gasteiger partial charge in [-0.25, -0.2) is 18.4 Å². The molecule has 2 unspecified atom stereocenters. The number of ketones is 1. The molecule has 0 radical (unpaired) electrons. The zero-order chi connectivity index (χ0) is 63.6. The van der Waals surface area contributed by atoms with Crippen molar-refractivity contribution in [2.24, 2.45) is 5.14 Å². The number of primary sulfonamides is 1. The van der Waals surface area contributed by atoms with E-state index in [1.165, 1.54) is 31.3 Å². The molecule has 3 amide bonds. The number of rotatable bonds is 26. The van der Waals surface area contributed by atoms with Crippen LogP contribution in [0.15, 0.2) is 89.1 Å². The van der Waals surface area contributed by atoms with Crippen LogP contribution in [0.1, 0.15) is 120 Å². The number of nitrogens with one attached hydrogen (secondary N) is 3. The van der Waals surface area contributed by atoms with Gasteiger partial charge in [-0.05, 0) is 87.4 Å². The van der Waals surface area contributed by atoms with Gasteiger partial charge in [-0.15, -0.1) is 22.8 Å². The standard InChI is InChI=1S/C52H61N9O16S4.O3S/c1-7-8-22-60-40-16-11-32(46(64)56-30(2)48(66)67)25-36(40)51(3,4)42(60)18-13-31(38-15-10-34(28-55-38)45(63)54-21-20-35(62)27-44-58-59-50(78-44)81(53,76)77)14-19-43-52(5,6)37-26-33(47(65)57-39(49(68)69)29-80(73,74)75)12-17-41(37)61(43)23-9-24-79(70,71)72;1-4(2)3/h10-19,25-26,28,30,39H,7-9,20-24,27,29H2,1-6H3,(H8-,53,54,56,57,63,64,65,66,67,68,69,70,71,72,73,74,75,76,77);/p+1. The predicted octanol–water partition coefficient (Wildman–Crippen LogP) is 2.56. The topological polar surface area (TPSA) is 444 Å². The molecule has 0 saturated heterocycles. The number of pyridine rings is 1. The fourth-order valence-corrected chi connectivity index (χ4v) is 11.8. The quantitative estimate of drug-likeness (QED) is 0.0254. The van der Waals surface area contributed by atoms with Crippen LogP contribution >= 0.6 is 11.3 Å². The maximum atomic E-state index is 13.5. The predicted molar refractivity (Wildman–Crippen MR) is 308 cm³/mol. The Kier molecular flexibility index (Phi) is 22.4. The maximum Gasteiger partial charge on any atom is 0.425 e. The van der Waals surface area contributed by atoms with Crippen LogP contribution in [-0.4, -0.2) is 161 Å². The first-order chi connectivity index (χ1) is 39.4. The van der Waals surface area contributed by atoms with Crippen LogP contribution in [0.25, 0.3) is 5.57 Å². The number of carbonyl (C=O) groups is 6. The summed E-state index contributed by atoms with van der Waals surface area (Å²) in [5.74, 6) is -7.26. The zero-order valence-corrected chi connectivity index (χ0v) is 50.6. The molecule has 9 N–H and O–H groups in total. The Morgan fingerprint density at radius 1 is 0.812 bits per heavy atom. The van der Waals surface area contributed by atoms with E-state index >= 15 is 0 Å². The third-order valence-electron chi connectivity index (χ3n) is 13.4. The summed E-state index contributed by atoms with van der Waals surface area (Å²) in [6.45, 7) is 11.5. The molecule has 2 atom stereocenters. The van der Waals surface area contributed by atoms with Crippen molar-refractivity contribution in [3.05, 3.63) is 123 Å². The Morgan fingerprint density at radius 3 is 2.00 bits per heavy atom. The van der Waals surface area contributed by atoms with E-state index in [1.54, 1.807) is 41.0 Å². The van der Waals surface area contributed by atoms with Crippen LogP contribution in [0, 0.1) is 0 Å². The molecule has 4 aromatic rings. The van der Waals surface area contributed by atoms with E-state index in [0.29, 0.717) is 46.1 Å². The Morgan fingerprint density at radius 2 is 1.44 bits per heavy atom. The average Bonchev–Trinajstić information content (AvgIpc) is 1.71. The number of aromatic nitrogens is 3. The normalized spacial score (nSPS) is 15.8. The van der Waals surface area contributed by atoms with Crippen molar-refractivity contribution in [2.75, 3.05) is 36.0 Å². The third-order valence-corrected chi connectivity index (χ3v) is 17.2. The summed E-state index contributed by atoms with van der Waals surface area (Å²) in [4.78, 5) is 83.1. The van der Waals surface area contributed by atoms with Crippen molar-refractivity contribution in [2.45, 2.75) is 101 Å². The number of hydrogen-bond acceptors (Lipinski definition) is 20. The lowest BCUT2D eigenvalue weighted by atomic mass is 9.80. The minimum absolute atomic E-state index is 0.0311. The van der Waals surface area contributed by atoms with Crippen LogP contribution in [-0.2, 0) is 72.5 Å². The monoisotopic (exact) mass is 1280 g/mol. The van der Waals surface area contributed by atoms with Crippen molar-refractivity contribution in [3.8, 4) is 0 Å². The summed E-state index contributed by atoms with van der Waals surface area (Å²) in [6.07, 6.45) is 9.75. The number of fused-ring (bicyclic) bond motifs is 2. The summed E-state index contributed by atoms with van der Waals surface area (Å²) in [5, 5.41) is 38.8. The molecule has 2 aromatic heterocycles. The number of nitrogens with two attached hydrogens (primary N) is 1. The lowest BCUT2D eigenvalue weighted by Gasteiger charge is -2.27. The van der Waals surface area contributed by atoms with E-state index in [1.807, 2.05) is 52.8 Å². The summed E-state index contributed by atoms with van der Waals surface area (Å²) in [6, 6.07) is 9.55. The number of Topliss-reactive ketones (excluding diaryl/α,β-unsaturated/α-hetero) is 1. The molecule has 2 aliphatic heterocycles. The number of carbonyl (C=O) groups excluding carboxylic acids is 4. The molecule has 85 heavy (non-hydrogen) atoms. The lowest BCUT2D eigenvalue weighted by molar-refractivity contribution is -0.437. The van der Waals surface area contributed by atoms with Crippen LogP contribution in [0.2, 0.25) is 0 Å². The van der Waals surface area contributed by atoms with E-state index in [-0.39, 0.29) is 59.8 Å². The first-order valence-corrected chi connectivity index (χ1v) is 32.2. The van der Waals surface area contributed by atoms with E-state index in [2.05, 4.69) is 36.0 Å². The van der Waals surface area contributed by atoms with Gasteiger partial charge in [0.1, 0.15) is 35.2 Å². The smallest absolute Gasteiger partial charge is 0.425 e. The van der Waals surface area contributed by atoms with E-state index in [0.717, 1.165) is 29.8 Å². The fourth-order valence-electron chi connectivity index (χ4n) is 9.17. The highest BCUT2D eigenvalue weighted by Crippen LogP contribution is 2.48. The van der Waals surface area contributed by atoms with Gasteiger partial charge in [0.15, 0.2) is 5.71 Å². The molecule has 2 aromatic carbocycles. The van der Waals surface area contributed by atoms with Crippen molar-refractivity contribution >= 4 is 110 Å². The molecule has 4 heterocycles. The van der Waals surface area contributed by atoms with Gasteiger partial charge in [-0.2, -0.15) is 21.4 Å². The summed E-state index contributed by atoms with van der Waals surface area (Å²) < 4.78 is 116. The van der Waals surface area contributed by atoms with Crippen molar-refractivity contribution < 1.29 is 90.5 Å². The number of anilines is 1. The van der Waals surface area contributed by atoms with Crippen molar-refractivity contribution in [1.29, 1.82) is 0 Å². The molecule has 6 rings (SSSR count). The SMILES string of the molecule is CCCCN1C(=CC=C(C=CC2=[N+](CCCS(=O)(=O)O)c3ccc(C(=O)NC(CS(=O)(=O)O)C(=O)O)cc3C2(C)C)c2ccc(C(=O)NCCC(=O)Cc3nnc(S(N)(=O)=O)s3)cn2)C(C)(C)c2cc(C(=O)NC(C)C(=O)O)ccc21.O=S(=O)=O. The van der Waals surface area contributed by atoms with Crippen molar-refractivity contribution in [1.82, 2.24) is 31.1 Å². The van der Waals surface area contributed by atoms with E-state index in [4.69, 9.17) is 17.8 Å². The Bertz CT molecular complexity index is 3890. The van der Waals surface area contributed by atoms with Gasteiger partial charge in [0.25, 0.3) is 48.0 Å². The highest BCUT2D eigenvalue weighted by atomic mass is 32.2.